The number of carboxylic acids is 1. The molecule has 0 aromatic rings. The van der Waals surface area contributed by atoms with Crippen LogP contribution in [0.1, 0.15) is 13.3 Å². The Labute approximate surface area is 93.1 Å². The first-order valence-corrected chi connectivity index (χ1v) is 8.42. The standard InChI is InChI=1S/C9H18OSi.C2H4O2/c1-5-6-9(7-10)8-11(2,3)4;1-2(3)4/h5,8,10H,1,6-7H2,2-4H3;1H3,(H,3,4). The highest BCUT2D eigenvalue weighted by atomic mass is 28.3. The molecule has 0 aliphatic rings. The Balaban J connectivity index is 0. The Kier molecular flexibility index (Phi) is 9.31. The van der Waals surface area contributed by atoms with Gasteiger partial charge in [0.2, 0.25) is 0 Å². The molecule has 4 heteroatoms. The van der Waals surface area contributed by atoms with Crippen molar-refractivity contribution in [2.75, 3.05) is 6.61 Å². The summed E-state index contributed by atoms with van der Waals surface area (Å²) >= 11 is 0. The summed E-state index contributed by atoms with van der Waals surface area (Å²) in [7, 11) is -1.15. The summed E-state index contributed by atoms with van der Waals surface area (Å²) in [5, 5.41) is 16.3. The molecule has 15 heavy (non-hydrogen) atoms. The fourth-order valence-corrected chi connectivity index (χ4v) is 2.40. The summed E-state index contributed by atoms with van der Waals surface area (Å²) in [6, 6.07) is 0. The van der Waals surface area contributed by atoms with Crippen LogP contribution in [0.15, 0.2) is 23.9 Å². The minimum Gasteiger partial charge on any atom is -0.481 e. The summed E-state index contributed by atoms with van der Waals surface area (Å²) in [6.07, 6.45) is 2.66. The number of aliphatic hydroxyl groups excluding tert-OH is 1. The molecule has 0 aliphatic carbocycles. The van der Waals surface area contributed by atoms with Crippen LogP contribution in [0.4, 0.5) is 0 Å². The van der Waals surface area contributed by atoms with Crippen molar-refractivity contribution >= 4 is 14.0 Å². The predicted octanol–water partition coefficient (Wildman–Crippen LogP) is 2.45. The SMILES string of the molecule is C=CCC(=C[Si](C)(C)C)CO.CC(=O)O. The zero-order valence-corrected chi connectivity index (χ0v) is 11.1. The summed E-state index contributed by atoms with van der Waals surface area (Å²) < 4.78 is 0. The van der Waals surface area contributed by atoms with E-state index in [4.69, 9.17) is 15.0 Å². The lowest BCUT2D eigenvalue weighted by molar-refractivity contribution is -0.134. The Morgan fingerprint density at radius 1 is 1.40 bits per heavy atom. The molecule has 0 radical (unpaired) electrons. The molecule has 0 aromatic heterocycles. The smallest absolute Gasteiger partial charge is 0.300 e. The third kappa shape index (κ3) is 19.5. The number of carboxylic acid groups (broad SMARTS) is 1. The minimum absolute atomic E-state index is 0.177. The van der Waals surface area contributed by atoms with Crippen LogP contribution in [0.3, 0.4) is 0 Å². The lowest BCUT2D eigenvalue weighted by Gasteiger charge is -2.11. The van der Waals surface area contributed by atoms with E-state index >= 15 is 0 Å². The van der Waals surface area contributed by atoms with Crippen molar-refractivity contribution in [3.05, 3.63) is 23.9 Å². The van der Waals surface area contributed by atoms with Gasteiger partial charge in [-0.05, 0) is 12.0 Å². The van der Waals surface area contributed by atoms with Crippen LogP contribution in [-0.4, -0.2) is 30.9 Å². The van der Waals surface area contributed by atoms with E-state index in [1.165, 1.54) is 0 Å². The number of allylic oxidation sites excluding steroid dienone is 1. The lowest BCUT2D eigenvalue weighted by atomic mass is 10.2. The Morgan fingerprint density at radius 2 is 1.80 bits per heavy atom. The monoisotopic (exact) mass is 230 g/mol. The highest BCUT2D eigenvalue weighted by Gasteiger charge is 2.09. The number of rotatable bonds is 4. The largest absolute Gasteiger partial charge is 0.481 e. The number of hydrogen-bond donors (Lipinski definition) is 2. The molecular weight excluding hydrogens is 208 g/mol. The molecule has 0 heterocycles. The first-order valence-electron chi connectivity index (χ1n) is 4.84. The van der Waals surface area contributed by atoms with Gasteiger partial charge in [-0.25, -0.2) is 0 Å². The van der Waals surface area contributed by atoms with Crippen LogP contribution in [0.2, 0.25) is 19.6 Å². The number of hydrogen-bond acceptors (Lipinski definition) is 2. The topological polar surface area (TPSA) is 57.5 Å². The van der Waals surface area contributed by atoms with Crippen molar-refractivity contribution in [1.29, 1.82) is 0 Å². The van der Waals surface area contributed by atoms with Gasteiger partial charge in [0, 0.05) is 6.92 Å². The second-order valence-electron chi connectivity index (χ2n) is 4.34. The van der Waals surface area contributed by atoms with Gasteiger partial charge in [0.1, 0.15) is 0 Å². The second kappa shape index (κ2) is 8.44. The molecule has 2 N–H and O–H groups in total. The highest BCUT2D eigenvalue weighted by Crippen LogP contribution is 2.09. The molecule has 0 spiro atoms. The molecule has 0 rings (SSSR count). The highest BCUT2D eigenvalue weighted by molar-refractivity contribution is 6.81. The van der Waals surface area contributed by atoms with Gasteiger partial charge in [-0.1, -0.05) is 31.4 Å². The van der Waals surface area contributed by atoms with E-state index in [1.807, 2.05) is 6.08 Å². The quantitative estimate of drug-likeness (QED) is 0.576. The summed E-state index contributed by atoms with van der Waals surface area (Å²) in [5.74, 6) is -0.833. The normalized spacial score (nSPS) is 11.4. The first-order chi connectivity index (χ1) is 6.72. The average Bonchev–Trinajstić information content (AvgIpc) is 2.00. The number of aliphatic hydroxyl groups is 1. The van der Waals surface area contributed by atoms with Crippen molar-refractivity contribution in [2.24, 2.45) is 0 Å². The molecule has 0 saturated heterocycles. The molecule has 0 unspecified atom stereocenters. The maximum Gasteiger partial charge on any atom is 0.300 e. The van der Waals surface area contributed by atoms with E-state index in [0.29, 0.717) is 0 Å². The molecule has 0 amide bonds. The van der Waals surface area contributed by atoms with Gasteiger partial charge < -0.3 is 10.2 Å². The summed E-state index contributed by atoms with van der Waals surface area (Å²) in [6.45, 7) is 11.7. The predicted molar refractivity (Wildman–Crippen MR) is 66.6 cm³/mol. The molecular formula is C11H22O3Si. The van der Waals surface area contributed by atoms with Gasteiger partial charge in [0.05, 0.1) is 14.7 Å². The third-order valence-electron chi connectivity index (χ3n) is 1.25. The fourth-order valence-electron chi connectivity index (χ4n) is 0.967. The van der Waals surface area contributed by atoms with Crippen molar-refractivity contribution in [1.82, 2.24) is 0 Å². The van der Waals surface area contributed by atoms with E-state index in [2.05, 4.69) is 31.9 Å². The van der Waals surface area contributed by atoms with Crippen molar-refractivity contribution in [3.63, 3.8) is 0 Å². The Morgan fingerprint density at radius 3 is 2.00 bits per heavy atom. The lowest BCUT2D eigenvalue weighted by Crippen LogP contribution is -2.17. The molecule has 0 fully saturated rings. The fraction of sp³-hybridized carbons (Fsp3) is 0.545. The Bertz CT molecular complexity index is 222. The molecule has 0 bridgehead atoms. The van der Waals surface area contributed by atoms with Gasteiger partial charge >= 0.3 is 0 Å². The zero-order chi connectivity index (χ0) is 12.5. The van der Waals surface area contributed by atoms with Gasteiger partial charge in [0.25, 0.3) is 5.97 Å². The first kappa shape index (κ1) is 16.6. The summed E-state index contributed by atoms with van der Waals surface area (Å²) in [4.78, 5) is 9.00. The molecule has 0 aliphatic heterocycles. The van der Waals surface area contributed by atoms with Crippen molar-refractivity contribution in [3.8, 4) is 0 Å². The van der Waals surface area contributed by atoms with E-state index in [9.17, 15) is 0 Å². The molecule has 0 saturated carbocycles. The molecule has 3 nitrogen and oxygen atoms in total. The van der Waals surface area contributed by atoms with Crippen molar-refractivity contribution < 1.29 is 15.0 Å². The Hall–Kier alpha value is -0.873. The van der Waals surface area contributed by atoms with Crippen LogP contribution in [0.5, 0.6) is 0 Å². The van der Waals surface area contributed by atoms with Gasteiger partial charge in [0.15, 0.2) is 0 Å². The van der Waals surface area contributed by atoms with Crippen LogP contribution in [-0.2, 0) is 4.79 Å². The average molecular weight is 230 g/mol. The van der Waals surface area contributed by atoms with Crippen LogP contribution in [0, 0.1) is 0 Å². The summed E-state index contributed by atoms with van der Waals surface area (Å²) in [5.41, 5.74) is 3.34. The van der Waals surface area contributed by atoms with E-state index in [1.54, 1.807) is 0 Å². The zero-order valence-electron chi connectivity index (χ0n) is 10.1. The van der Waals surface area contributed by atoms with E-state index < -0.39 is 14.0 Å². The third-order valence-corrected chi connectivity index (χ3v) is 2.52. The minimum atomic E-state index is -1.15. The van der Waals surface area contributed by atoms with E-state index in [0.717, 1.165) is 18.9 Å². The van der Waals surface area contributed by atoms with Gasteiger partial charge in [-0.3, -0.25) is 4.79 Å². The van der Waals surface area contributed by atoms with E-state index in [-0.39, 0.29) is 6.61 Å². The maximum atomic E-state index is 9.00. The number of carbonyl (C=O) groups is 1. The number of aliphatic carboxylic acids is 1. The van der Waals surface area contributed by atoms with Crippen LogP contribution in [0.25, 0.3) is 0 Å². The van der Waals surface area contributed by atoms with Crippen LogP contribution < -0.4 is 0 Å². The molecule has 0 aromatic carbocycles. The van der Waals surface area contributed by atoms with Crippen LogP contribution >= 0.6 is 0 Å². The maximum absolute atomic E-state index is 9.00. The molecule has 0 atom stereocenters. The molecule has 88 valence electrons. The van der Waals surface area contributed by atoms with Crippen molar-refractivity contribution in [2.45, 2.75) is 33.0 Å². The van der Waals surface area contributed by atoms with Gasteiger partial charge in [-0.15, -0.1) is 6.58 Å². The second-order valence-corrected chi connectivity index (χ2v) is 9.36. The van der Waals surface area contributed by atoms with Gasteiger partial charge in [-0.2, -0.15) is 0 Å².